The average Bonchev–Trinajstić information content (AvgIpc) is 3.37. The normalized spacial score (nSPS) is 25.9. The van der Waals surface area contributed by atoms with Crippen LogP contribution in [0.15, 0.2) is 114 Å². The summed E-state index contributed by atoms with van der Waals surface area (Å²) < 4.78 is 0.696. The summed E-state index contributed by atoms with van der Waals surface area (Å²) in [4.78, 5) is 0. The molecule has 2 aromatic rings. The van der Waals surface area contributed by atoms with E-state index in [1.54, 1.807) is 35.9 Å². The topological polar surface area (TPSA) is 0 Å². The van der Waals surface area contributed by atoms with Gasteiger partial charge in [-0.2, -0.15) is 0 Å². The Morgan fingerprint density at radius 3 is 1.93 bits per heavy atom. The molecule has 0 spiro atoms. The predicted octanol–water partition coefficient (Wildman–Crippen LogP) is 0.706. The fourth-order valence-electron chi connectivity index (χ4n) is 5.06. The van der Waals surface area contributed by atoms with Crippen LogP contribution in [-0.4, -0.2) is 0 Å². The van der Waals surface area contributed by atoms with Crippen LogP contribution in [0.2, 0.25) is 3.63 Å². The minimum atomic E-state index is 0. The second-order valence-corrected chi connectivity index (χ2v) is 9.45. The molecule has 30 heavy (non-hydrogen) atoms. The number of benzene rings is 2. The molecule has 3 heteroatoms. The van der Waals surface area contributed by atoms with Crippen LogP contribution in [0.4, 0.5) is 0 Å². The van der Waals surface area contributed by atoms with Crippen LogP contribution in [0.5, 0.6) is 0 Å². The molecule has 0 radical (unpaired) electrons. The number of rotatable bonds is 3. The van der Waals surface area contributed by atoms with Gasteiger partial charge < -0.3 is 34.0 Å². The summed E-state index contributed by atoms with van der Waals surface area (Å²) in [7, 11) is 0. The van der Waals surface area contributed by atoms with Gasteiger partial charge in [-0.1, -0.05) is 0 Å². The Morgan fingerprint density at radius 2 is 1.37 bits per heavy atom. The van der Waals surface area contributed by atoms with Gasteiger partial charge in [0.15, 0.2) is 0 Å². The molecule has 0 N–H and O–H groups in total. The fourth-order valence-corrected chi connectivity index (χ4v) is 6.81. The van der Waals surface area contributed by atoms with E-state index in [9.17, 15) is 0 Å². The van der Waals surface area contributed by atoms with Gasteiger partial charge in [0, 0.05) is 0 Å². The van der Waals surface area contributed by atoms with Crippen molar-refractivity contribution in [2.45, 2.75) is 10.0 Å². The molecule has 149 valence electrons. The number of halogens is 2. The van der Waals surface area contributed by atoms with Crippen LogP contribution in [0.25, 0.3) is 5.57 Å². The molecule has 0 aromatic heterocycles. The van der Waals surface area contributed by atoms with E-state index in [0.717, 1.165) is 6.42 Å². The Bertz CT molecular complexity index is 974. The average molecular weight is 599 g/mol. The van der Waals surface area contributed by atoms with Gasteiger partial charge >= 0.3 is 184 Å². The van der Waals surface area contributed by atoms with Crippen LogP contribution >= 0.6 is 0 Å². The molecule has 3 aliphatic rings. The molecule has 1 saturated carbocycles. The molecule has 4 unspecified atom stereocenters. The molecule has 5 rings (SSSR count). The summed E-state index contributed by atoms with van der Waals surface area (Å²) in [5, 5.41) is 0. The van der Waals surface area contributed by atoms with Gasteiger partial charge in [0.2, 0.25) is 0 Å². The Balaban J connectivity index is 0.00000128. The van der Waals surface area contributed by atoms with Crippen molar-refractivity contribution < 1.29 is 58.7 Å². The fraction of sp³-hybridized carbons (Fsp3) is 0.185. The summed E-state index contributed by atoms with van der Waals surface area (Å²) in [6.45, 7) is 0. The summed E-state index contributed by atoms with van der Waals surface area (Å²) in [6.07, 6.45) is 17.4. The zero-order chi connectivity index (χ0) is 18.9. The standard InChI is InChI=1S/C27H23.2BrH.Zr/c1-3-13-21(14-4-1)26(22-15-5-2-6-16-22)27-24-18-10-9-17-23(24)19-25(27)20-11-7-8-12-20;;;/h1-11,13-19,23-25H,12H2;2*1H;/q;;;+2/p-2. The Morgan fingerprint density at radius 1 is 0.767 bits per heavy atom. The Hall–Kier alpha value is -1.02. The van der Waals surface area contributed by atoms with E-state index in [1.165, 1.54) is 16.7 Å². The van der Waals surface area contributed by atoms with Crippen molar-refractivity contribution in [3.63, 3.8) is 0 Å². The van der Waals surface area contributed by atoms with Gasteiger partial charge in [0.05, 0.1) is 0 Å². The first-order valence-corrected chi connectivity index (χ1v) is 11.5. The third kappa shape index (κ3) is 4.31. The Labute approximate surface area is 215 Å². The van der Waals surface area contributed by atoms with E-state index in [1.807, 2.05) is 0 Å². The van der Waals surface area contributed by atoms with Gasteiger partial charge in [-0.05, 0) is 0 Å². The molecule has 1 fully saturated rings. The van der Waals surface area contributed by atoms with Crippen molar-refractivity contribution >= 4 is 5.57 Å². The molecule has 4 atom stereocenters. The molecule has 0 amide bonds. The molecule has 0 nitrogen and oxygen atoms in total. The van der Waals surface area contributed by atoms with Crippen molar-refractivity contribution in [1.82, 2.24) is 0 Å². The van der Waals surface area contributed by atoms with Gasteiger partial charge in [-0.3, -0.25) is 0 Å². The third-order valence-corrected chi connectivity index (χ3v) is 8.02. The van der Waals surface area contributed by atoms with Gasteiger partial charge in [0.25, 0.3) is 0 Å². The van der Waals surface area contributed by atoms with Crippen molar-refractivity contribution in [2.24, 2.45) is 17.8 Å². The first-order chi connectivity index (χ1) is 13.8. The van der Waals surface area contributed by atoms with Gasteiger partial charge in [-0.15, -0.1) is 0 Å². The van der Waals surface area contributed by atoms with Crippen molar-refractivity contribution in [2.75, 3.05) is 0 Å². The molecular weight excluding hydrogens is 575 g/mol. The zero-order valence-corrected chi connectivity index (χ0v) is 22.2. The van der Waals surface area contributed by atoms with Crippen molar-refractivity contribution in [3.05, 3.63) is 125 Å². The predicted molar refractivity (Wildman–Crippen MR) is 113 cm³/mol. The molecule has 0 bridgehead atoms. The van der Waals surface area contributed by atoms with Crippen LogP contribution < -0.4 is 34.0 Å². The van der Waals surface area contributed by atoms with Crippen LogP contribution in [0.3, 0.4) is 0 Å². The molecule has 0 saturated heterocycles. The maximum absolute atomic E-state index is 2.46. The van der Waals surface area contributed by atoms with E-state index in [-0.39, 0.29) is 34.0 Å². The van der Waals surface area contributed by atoms with E-state index < -0.39 is 0 Å². The number of fused-ring (bicyclic) bond motifs is 1. The molecule has 0 aliphatic heterocycles. The summed E-state index contributed by atoms with van der Waals surface area (Å²) in [5.74, 6) is 1.65. The number of allylic oxidation sites excluding steroid dienone is 9. The second kappa shape index (κ2) is 10.5. The van der Waals surface area contributed by atoms with Crippen LogP contribution in [0, 0.1) is 17.8 Å². The van der Waals surface area contributed by atoms with E-state index in [4.69, 9.17) is 0 Å². The third-order valence-electron chi connectivity index (χ3n) is 6.26. The zero-order valence-electron chi connectivity index (χ0n) is 16.6. The van der Waals surface area contributed by atoms with E-state index in [0.29, 0.717) is 21.4 Å². The summed E-state index contributed by atoms with van der Waals surface area (Å²) >= 11 is 1.65. The molecule has 0 heterocycles. The first-order valence-electron chi connectivity index (χ1n) is 10.1. The SMILES string of the molecule is [Br-].[Br-].[Zr+2][CH]1C(C2=CC=CC2)C(=C(c2ccccc2)c2ccccc2)C2C=CC=CC21. The molecule has 2 aromatic carbocycles. The Kier molecular flexibility index (Phi) is 8.30. The quantitative estimate of drug-likeness (QED) is 0.489. The first kappa shape index (κ1) is 23.6. The molecular formula is C27H23Br2Zr. The van der Waals surface area contributed by atoms with Crippen LogP contribution in [0.1, 0.15) is 17.5 Å². The van der Waals surface area contributed by atoms with Gasteiger partial charge in [-0.25, -0.2) is 0 Å². The maximum atomic E-state index is 2.46. The van der Waals surface area contributed by atoms with Gasteiger partial charge in [0.1, 0.15) is 0 Å². The summed E-state index contributed by atoms with van der Waals surface area (Å²) in [5.41, 5.74) is 7.34. The molecule has 3 aliphatic carbocycles. The number of hydrogen-bond donors (Lipinski definition) is 0. The van der Waals surface area contributed by atoms with Crippen molar-refractivity contribution in [1.29, 1.82) is 0 Å². The minimum absolute atomic E-state index is 0. The monoisotopic (exact) mass is 595 g/mol. The van der Waals surface area contributed by atoms with E-state index in [2.05, 4.69) is 103 Å². The number of hydrogen-bond acceptors (Lipinski definition) is 0. The van der Waals surface area contributed by atoms with E-state index >= 15 is 0 Å². The van der Waals surface area contributed by atoms with Crippen LogP contribution in [-0.2, 0) is 24.7 Å². The van der Waals surface area contributed by atoms with Crippen molar-refractivity contribution in [3.8, 4) is 0 Å². The summed E-state index contributed by atoms with van der Waals surface area (Å²) in [6, 6.07) is 22.0. The second-order valence-electron chi connectivity index (χ2n) is 7.81.